The zero-order valence-corrected chi connectivity index (χ0v) is 9.34. The van der Waals surface area contributed by atoms with E-state index in [-0.39, 0.29) is 5.75 Å². The van der Waals surface area contributed by atoms with Crippen LogP contribution in [0.5, 0.6) is 5.75 Å². The van der Waals surface area contributed by atoms with Gasteiger partial charge in [-0.15, -0.1) is 0 Å². The van der Waals surface area contributed by atoms with Gasteiger partial charge in [-0.2, -0.15) is 0 Å². The first-order valence-corrected chi connectivity index (χ1v) is 5.49. The van der Waals surface area contributed by atoms with Crippen LogP contribution in [0.3, 0.4) is 0 Å². The van der Waals surface area contributed by atoms with Crippen LogP contribution in [-0.2, 0) is 0 Å². The van der Waals surface area contributed by atoms with Gasteiger partial charge in [-0.1, -0.05) is 6.07 Å². The third-order valence-corrected chi connectivity index (χ3v) is 3.05. The van der Waals surface area contributed by atoms with Gasteiger partial charge < -0.3 is 15.7 Å². The molecule has 1 heterocycles. The van der Waals surface area contributed by atoms with Crippen LogP contribution in [-0.4, -0.2) is 24.7 Å². The van der Waals surface area contributed by atoms with E-state index in [1.807, 2.05) is 12.1 Å². The number of phenols is 1. The number of phenolic OH excluding ortho intramolecular Hbond substituents is 1. The van der Waals surface area contributed by atoms with Crippen LogP contribution in [0.2, 0.25) is 0 Å². The maximum absolute atomic E-state index is 9.36. The first-order chi connectivity index (χ1) is 6.77. The van der Waals surface area contributed by atoms with Gasteiger partial charge in [-0.3, -0.25) is 0 Å². The number of halogens is 1. The van der Waals surface area contributed by atoms with Crippen molar-refractivity contribution in [2.75, 3.05) is 19.6 Å². The molecule has 0 saturated carbocycles. The van der Waals surface area contributed by atoms with E-state index in [0.29, 0.717) is 6.04 Å². The lowest BCUT2D eigenvalue weighted by Gasteiger charge is -2.25. The molecule has 1 aliphatic heterocycles. The van der Waals surface area contributed by atoms with E-state index in [2.05, 4.69) is 26.6 Å². The van der Waals surface area contributed by atoms with Gasteiger partial charge in [0.25, 0.3) is 0 Å². The van der Waals surface area contributed by atoms with Crippen LogP contribution in [0.4, 0.5) is 0 Å². The molecule has 1 saturated heterocycles. The molecular weight excluding hydrogens is 244 g/mol. The van der Waals surface area contributed by atoms with Crippen molar-refractivity contribution in [2.45, 2.75) is 6.04 Å². The highest BCUT2D eigenvalue weighted by molar-refractivity contribution is 9.10. The average Bonchev–Trinajstić information content (AvgIpc) is 2.23. The summed E-state index contributed by atoms with van der Waals surface area (Å²) in [5.41, 5.74) is 1.20. The van der Waals surface area contributed by atoms with E-state index in [1.165, 1.54) is 5.56 Å². The molecular formula is C10H13BrN2O. The molecule has 1 atom stereocenters. The number of rotatable bonds is 1. The SMILES string of the molecule is Oc1ccc(C2CNCCN2)cc1Br. The molecule has 3 nitrogen and oxygen atoms in total. The van der Waals surface area contributed by atoms with Crippen LogP contribution < -0.4 is 10.6 Å². The van der Waals surface area contributed by atoms with E-state index in [9.17, 15) is 5.11 Å². The number of nitrogens with one attached hydrogen (secondary N) is 2. The molecule has 2 rings (SSSR count). The van der Waals surface area contributed by atoms with E-state index in [0.717, 1.165) is 24.1 Å². The second-order valence-electron chi connectivity index (χ2n) is 3.42. The van der Waals surface area contributed by atoms with Crippen LogP contribution in [0.1, 0.15) is 11.6 Å². The van der Waals surface area contributed by atoms with Crippen molar-refractivity contribution in [3.8, 4) is 5.75 Å². The zero-order chi connectivity index (χ0) is 9.97. The van der Waals surface area contributed by atoms with Crippen LogP contribution >= 0.6 is 15.9 Å². The Morgan fingerprint density at radius 2 is 2.21 bits per heavy atom. The van der Waals surface area contributed by atoms with E-state index < -0.39 is 0 Å². The fourth-order valence-electron chi connectivity index (χ4n) is 1.63. The Bertz CT molecular complexity index is 324. The normalized spacial score (nSPS) is 22.2. The second kappa shape index (κ2) is 4.29. The fraction of sp³-hybridized carbons (Fsp3) is 0.400. The topological polar surface area (TPSA) is 44.3 Å². The summed E-state index contributed by atoms with van der Waals surface area (Å²) >= 11 is 3.31. The Morgan fingerprint density at radius 1 is 1.36 bits per heavy atom. The van der Waals surface area contributed by atoms with Gasteiger partial charge in [0, 0.05) is 25.7 Å². The van der Waals surface area contributed by atoms with E-state index >= 15 is 0 Å². The predicted molar refractivity (Wildman–Crippen MR) is 59.4 cm³/mol. The minimum absolute atomic E-state index is 0.289. The lowest BCUT2D eigenvalue weighted by atomic mass is 10.1. The summed E-state index contributed by atoms with van der Waals surface area (Å²) in [6.07, 6.45) is 0. The number of benzene rings is 1. The average molecular weight is 257 g/mol. The molecule has 0 bridgehead atoms. The number of hydrogen-bond acceptors (Lipinski definition) is 3. The smallest absolute Gasteiger partial charge is 0.129 e. The third kappa shape index (κ3) is 2.08. The van der Waals surface area contributed by atoms with Gasteiger partial charge in [0.15, 0.2) is 0 Å². The predicted octanol–water partition coefficient (Wildman–Crippen LogP) is 1.39. The van der Waals surface area contributed by atoms with Crippen LogP contribution in [0.15, 0.2) is 22.7 Å². The second-order valence-corrected chi connectivity index (χ2v) is 4.28. The molecule has 1 aliphatic rings. The lowest BCUT2D eigenvalue weighted by Crippen LogP contribution is -2.42. The van der Waals surface area contributed by atoms with Crippen molar-refractivity contribution in [1.82, 2.24) is 10.6 Å². The molecule has 1 aromatic carbocycles. The van der Waals surface area contributed by atoms with Crippen molar-refractivity contribution < 1.29 is 5.11 Å². The standard InChI is InChI=1S/C10H13BrN2O/c11-8-5-7(1-2-10(8)14)9-6-12-3-4-13-9/h1-2,5,9,12-14H,3-4,6H2. The van der Waals surface area contributed by atoms with Gasteiger partial charge in [0.1, 0.15) is 5.75 Å². The summed E-state index contributed by atoms with van der Waals surface area (Å²) < 4.78 is 0.752. The molecule has 1 unspecified atom stereocenters. The largest absolute Gasteiger partial charge is 0.507 e. The highest BCUT2D eigenvalue weighted by Gasteiger charge is 2.14. The zero-order valence-electron chi connectivity index (χ0n) is 7.76. The fourth-order valence-corrected chi connectivity index (χ4v) is 2.03. The number of aromatic hydroxyl groups is 1. The molecule has 1 aromatic rings. The Balaban J connectivity index is 2.18. The first-order valence-electron chi connectivity index (χ1n) is 4.70. The molecule has 0 aliphatic carbocycles. The maximum atomic E-state index is 9.36. The molecule has 0 amide bonds. The first kappa shape index (κ1) is 9.96. The van der Waals surface area contributed by atoms with Gasteiger partial charge in [-0.05, 0) is 33.6 Å². The summed E-state index contributed by atoms with van der Waals surface area (Å²) in [4.78, 5) is 0. The Kier molecular flexibility index (Phi) is 3.05. The molecule has 0 aromatic heterocycles. The highest BCUT2D eigenvalue weighted by atomic mass is 79.9. The number of hydrogen-bond donors (Lipinski definition) is 3. The molecule has 3 N–H and O–H groups in total. The Hall–Kier alpha value is -0.580. The molecule has 1 fully saturated rings. The third-order valence-electron chi connectivity index (χ3n) is 2.42. The summed E-state index contributed by atoms with van der Waals surface area (Å²) in [5.74, 6) is 0.289. The quantitative estimate of drug-likeness (QED) is 0.712. The molecule has 4 heteroatoms. The van der Waals surface area contributed by atoms with Crippen molar-refractivity contribution in [1.29, 1.82) is 0 Å². The lowest BCUT2D eigenvalue weighted by molar-refractivity contribution is 0.428. The summed E-state index contributed by atoms with van der Waals surface area (Å²) in [7, 11) is 0. The summed E-state index contributed by atoms with van der Waals surface area (Å²) in [5, 5.41) is 16.1. The maximum Gasteiger partial charge on any atom is 0.129 e. The Morgan fingerprint density at radius 3 is 2.86 bits per heavy atom. The van der Waals surface area contributed by atoms with Gasteiger partial charge in [-0.25, -0.2) is 0 Å². The van der Waals surface area contributed by atoms with E-state index in [4.69, 9.17) is 0 Å². The molecule has 0 radical (unpaired) electrons. The van der Waals surface area contributed by atoms with Crippen molar-refractivity contribution in [3.05, 3.63) is 28.2 Å². The highest BCUT2D eigenvalue weighted by Crippen LogP contribution is 2.27. The minimum Gasteiger partial charge on any atom is -0.507 e. The van der Waals surface area contributed by atoms with Gasteiger partial charge in [0.05, 0.1) is 4.47 Å². The number of piperazine rings is 1. The van der Waals surface area contributed by atoms with Crippen molar-refractivity contribution in [2.24, 2.45) is 0 Å². The van der Waals surface area contributed by atoms with Crippen LogP contribution in [0.25, 0.3) is 0 Å². The van der Waals surface area contributed by atoms with E-state index in [1.54, 1.807) is 6.07 Å². The monoisotopic (exact) mass is 256 g/mol. The summed E-state index contributed by atoms with van der Waals surface area (Å²) in [6, 6.07) is 5.97. The molecule has 0 spiro atoms. The van der Waals surface area contributed by atoms with Crippen molar-refractivity contribution >= 4 is 15.9 Å². The Labute approximate surface area is 91.6 Å². The van der Waals surface area contributed by atoms with Crippen molar-refractivity contribution in [3.63, 3.8) is 0 Å². The van der Waals surface area contributed by atoms with Crippen LogP contribution in [0, 0.1) is 0 Å². The van der Waals surface area contributed by atoms with Gasteiger partial charge in [0.2, 0.25) is 0 Å². The minimum atomic E-state index is 0.289. The summed E-state index contributed by atoms with van der Waals surface area (Å²) in [6.45, 7) is 2.95. The molecule has 14 heavy (non-hydrogen) atoms. The van der Waals surface area contributed by atoms with Gasteiger partial charge >= 0.3 is 0 Å². The molecule has 76 valence electrons.